The summed E-state index contributed by atoms with van der Waals surface area (Å²) in [6.07, 6.45) is 1.80. The van der Waals surface area contributed by atoms with Crippen LogP contribution in [-0.4, -0.2) is 12.2 Å². The molecular formula is C10H11NO. The van der Waals surface area contributed by atoms with Gasteiger partial charge in [0.25, 0.3) is 0 Å². The van der Waals surface area contributed by atoms with Gasteiger partial charge in [-0.3, -0.25) is 0 Å². The first kappa shape index (κ1) is 7.37. The maximum atomic E-state index is 9.51. The number of nitrogens with one attached hydrogen (secondary N) is 1. The second-order valence-electron chi connectivity index (χ2n) is 2.92. The molecule has 0 aromatic heterocycles. The molecule has 0 amide bonds. The normalized spacial score (nSPS) is 20.4. The van der Waals surface area contributed by atoms with E-state index in [0.717, 1.165) is 11.1 Å². The largest absolute Gasteiger partial charge is 0.510 e. The van der Waals surface area contributed by atoms with Crippen molar-refractivity contribution in [3.63, 3.8) is 0 Å². The lowest BCUT2D eigenvalue weighted by molar-refractivity contribution is 0.362. The molecule has 2 nitrogen and oxygen atoms in total. The zero-order chi connectivity index (χ0) is 8.55. The Morgan fingerprint density at radius 1 is 1.33 bits per heavy atom. The van der Waals surface area contributed by atoms with E-state index in [4.69, 9.17) is 0 Å². The predicted octanol–water partition coefficient (Wildman–Crippen LogP) is 1.86. The van der Waals surface area contributed by atoms with Gasteiger partial charge in [0.15, 0.2) is 0 Å². The van der Waals surface area contributed by atoms with Crippen molar-refractivity contribution in [2.45, 2.75) is 6.04 Å². The van der Waals surface area contributed by atoms with E-state index in [2.05, 4.69) is 5.32 Å². The average Bonchev–Trinajstić information content (AvgIpc) is 2.40. The summed E-state index contributed by atoms with van der Waals surface area (Å²) in [5.41, 5.74) is 2.26. The van der Waals surface area contributed by atoms with Gasteiger partial charge in [0.05, 0.1) is 6.04 Å². The highest BCUT2D eigenvalue weighted by Crippen LogP contribution is 2.31. The zero-order valence-corrected chi connectivity index (χ0v) is 6.91. The molecule has 1 aliphatic rings. The first-order valence-electron chi connectivity index (χ1n) is 3.99. The Kier molecular flexibility index (Phi) is 1.62. The fourth-order valence-corrected chi connectivity index (χ4v) is 1.61. The van der Waals surface area contributed by atoms with Gasteiger partial charge >= 0.3 is 0 Å². The number of hydrogen-bond donors (Lipinski definition) is 2. The molecule has 1 unspecified atom stereocenters. The number of aliphatic hydroxyl groups excluding tert-OH is 1. The minimum atomic E-state index is -0.0128. The average molecular weight is 161 g/mol. The topological polar surface area (TPSA) is 32.3 Å². The molecule has 62 valence electrons. The molecule has 0 bridgehead atoms. The van der Waals surface area contributed by atoms with Crippen LogP contribution in [0.5, 0.6) is 0 Å². The molecule has 0 saturated carbocycles. The molecule has 0 spiro atoms. The number of rotatable bonds is 1. The number of fused-ring (bicyclic) bond motifs is 1. The number of likely N-dealkylation sites (N-methyl/N-ethyl adjacent to an activating group) is 1. The molecule has 0 radical (unpaired) electrons. The summed E-state index contributed by atoms with van der Waals surface area (Å²) in [6, 6.07) is 7.97. The monoisotopic (exact) mass is 161 g/mol. The highest BCUT2D eigenvalue weighted by Gasteiger charge is 2.22. The molecule has 0 heterocycles. The first-order chi connectivity index (χ1) is 5.83. The molecule has 1 aromatic rings. The molecule has 1 aromatic carbocycles. The Morgan fingerprint density at radius 2 is 2.08 bits per heavy atom. The van der Waals surface area contributed by atoms with Gasteiger partial charge < -0.3 is 10.4 Å². The molecule has 1 atom stereocenters. The number of benzene rings is 1. The number of aliphatic hydroxyl groups is 1. The minimum absolute atomic E-state index is 0.0128. The summed E-state index contributed by atoms with van der Waals surface area (Å²) in [5.74, 6) is 0.402. The van der Waals surface area contributed by atoms with E-state index in [-0.39, 0.29) is 6.04 Å². The summed E-state index contributed by atoms with van der Waals surface area (Å²) in [5, 5.41) is 12.6. The van der Waals surface area contributed by atoms with Crippen LogP contribution in [0.4, 0.5) is 0 Å². The Labute approximate surface area is 71.5 Å². The van der Waals surface area contributed by atoms with Gasteiger partial charge in [-0.2, -0.15) is 0 Å². The van der Waals surface area contributed by atoms with Crippen molar-refractivity contribution >= 4 is 6.08 Å². The van der Waals surface area contributed by atoms with Crippen LogP contribution in [0, 0.1) is 0 Å². The molecule has 0 aliphatic heterocycles. The van der Waals surface area contributed by atoms with Crippen LogP contribution in [0.25, 0.3) is 6.08 Å². The van der Waals surface area contributed by atoms with E-state index in [1.807, 2.05) is 31.3 Å². The standard InChI is InChI=1S/C10H11NO/c1-11-10-8-5-3-2-4-7(8)6-9(10)12/h2-6,10-12H,1H3. The smallest absolute Gasteiger partial charge is 0.114 e. The van der Waals surface area contributed by atoms with Crippen molar-refractivity contribution in [2.75, 3.05) is 7.05 Å². The molecule has 0 fully saturated rings. The zero-order valence-electron chi connectivity index (χ0n) is 6.91. The predicted molar refractivity (Wildman–Crippen MR) is 48.8 cm³/mol. The summed E-state index contributed by atoms with van der Waals surface area (Å²) < 4.78 is 0. The Balaban J connectivity index is 2.50. The van der Waals surface area contributed by atoms with Crippen molar-refractivity contribution in [3.8, 4) is 0 Å². The molecule has 12 heavy (non-hydrogen) atoms. The van der Waals surface area contributed by atoms with E-state index in [1.54, 1.807) is 6.08 Å². The van der Waals surface area contributed by atoms with Crippen LogP contribution in [0.1, 0.15) is 17.2 Å². The quantitative estimate of drug-likeness (QED) is 0.659. The lowest BCUT2D eigenvalue weighted by atomic mass is 10.1. The van der Waals surface area contributed by atoms with Gasteiger partial charge in [0, 0.05) is 0 Å². The van der Waals surface area contributed by atoms with Crippen LogP contribution in [0.15, 0.2) is 30.0 Å². The van der Waals surface area contributed by atoms with Crippen LogP contribution >= 0.6 is 0 Å². The van der Waals surface area contributed by atoms with Crippen molar-refractivity contribution < 1.29 is 5.11 Å². The molecule has 2 rings (SSSR count). The Hall–Kier alpha value is -1.28. The van der Waals surface area contributed by atoms with E-state index >= 15 is 0 Å². The molecule has 0 saturated heterocycles. The third-order valence-electron chi connectivity index (χ3n) is 2.19. The SMILES string of the molecule is CNC1C(O)=Cc2ccccc21. The van der Waals surface area contributed by atoms with Crippen molar-refractivity contribution in [2.24, 2.45) is 0 Å². The van der Waals surface area contributed by atoms with Gasteiger partial charge in [-0.25, -0.2) is 0 Å². The van der Waals surface area contributed by atoms with Crippen LogP contribution < -0.4 is 5.32 Å². The fraction of sp³-hybridized carbons (Fsp3) is 0.200. The minimum Gasteiger partial charge on any atom is -0.510 e. The fourth-order valence-electron chi connectivity index (χ4n) is 1.61. The summed E-state index contributed by atoms with van der Waals surface area (Å²) >= 11 is 0. The van der Waals surface area contributed by atoms with Crippen molar-refractivity contribution in [1.29, 1.82) is 0 Å². The van der Waals surface area contributed by atoms with Crippen LogP contribution in [0.2, 0.25) is 0 Å². The van der Waals surface area contributed by atoms with Crippen LogP contribution in [-0.2, 0) is 0 Å². The van der Waals surface area contributed by atoms with E-state index < -0.39 is 0 Å². The second kappa shape index (κ2) is 2.64. The lowest BCUT2D eigenvalue weighted by Crippen LogP contribution is -2.15. The first-order valence-corrected chi connectivity index (χ1v) is 3.99. The summed E-state index contributed by atoms with van der Waals surface area (Å²) in [7, 11) is 1.84. The Bertz CT molecular complexity index is 330. The van der Waals surface area contributed by atoms with E-state index in [1.165, 1.54) is 0 Å². The summed E-state index contributed by atoms with van der Waals surface area (Å²) in [4.78, 5) is 0. The Morgan fingerprint density at radius 3 is 2.83 bits per heavy atom. The number of hydrogen-bond acceptors (Lipinski definition) is 2. The highest BCUT2D eigenvalue weighted by molar-refractivity contribution is 5.64. The van der Waals surface area contributed by atoms with Gasteiger partial charge in [-0.05, 0) is 24.3 Å². The van der Waals surface area contributed by atoms with Gasteiger partial charge in [0.1, 0.15) is 5.76 Å². The van der Waals surface area contributed by atoms with Crippen molar-refractivity contribution in [1.82, 2.24) is 5.32 Å². The molecule has 2 N–H and O–H groups in total. The van der Waals surface area contributed by atoms with E-state index in [0.29, 0.717) is 5.76 Å². The highest BCUT2D eigenvalue weighted by atomic mass is 16.3. The third kappa shape index (κ3) is 0.924. The third-order valence-corrected chi connectivity index (χ3v) is 2.19. The van der Waals surface area contributed by atoms with Crippen molar-refractivity contribution in [3.05, 3.63) is 41.2 Å². The maximum Gasteiger partial charge on any atom is 0.114 e. The maximum absolute atomic E-state index is 9.51. The molecular weight excluding hydrogens is 150 g/mol. The van der Waals surface area contributed by atoms with E-state index in [9.17, 15) is 5.11 Å². The summed E-state index contributed by atoms with van der Waals surface area (Å²) in [6.45, 7) is 0. The molecule has 2 heteroatoms. The van der Waals surface area contributed by atoms with Gasteiger partial charge in [0.2, 0.25) is 0 Å². The van der Waals surface area contributed by atoms with Gasteiger partial charge in [-0.15, -0.1) is 0 Å². The van der Waals surface area contributed by atoms with Gasteiger partial charge in [-0.1, -0.05) is 24.3 Å². The molecule has 1 aliphatic carbocycles. The lowest BCUT2D eigenvalue weighted by Gasteiger charge is -2.10. The van der Waals surface area contributed by atoms with Crippen LogP contribution in [0.3, 0.4) is 0 Å². The second-order valence-corrected chi connectivity index (χ2v) is 2.92.